The van der Waals surface area contributed by atoms with Gasteiger partial charge in [-0.15, -0.1) is 0 Å². The predicted molar refractivity (Wildman–Crippen MR) is 121 cm³/mol. The molecule has 0 radical (unpaired) electrons. The summed E-state index contributed by atoms with van der Waals surface area (Å²) in [6.07, 6.45) is 12.9. The lowest BCUT2D eigenvalue weighted by Gasteiger charge is -2.22. The third-order valence-corrected chi connectivity index (χ3v) is 4.87. The number of ether oxygens (including phenoxy) is 1. The van der Waals surface area contributed by atoms with Crippen LogP contribution in [0.1, 0.15) is 11.4 Å². The van der Waals surface area contributed by atoms with Crippen LogP contribution in [0.5, 0.6) is 5.88 Å². The first-order valence-corrected chi connectivity index (χ1v) is 10.00. The van der Waals surface area contributed by atoms with E-state index in [0.29, 0.717) is 29.7 Å². The Labute approximate surface area is 184 Å². The van der Waals surface area contributed by atoms with E-state index in [1.807, 2.05) is 48.7 Å². The van der Waals surface area contributed by atoms with Gasteiger partial charge < -0.3 is 20.5 Å². The molecule has 4 aromatic heterocycles. The molecule has 0 unspecified atom stereocenters. The number of aromatic nitrogens is 6. The fourth-order valence-corrected chi connectivity index (χ4v) is 3.41. The smallest absolute Gasteiger partial charge is 0.213 e. The SMILES string of the molecule is COc1ccc(Nc2ncc(CN3C=CC=CN3)cc2-c2nc(C)nc3nc[nH]c23)cn1. The van der Waals surface area contributed by atoms with Crippen LogP contribution in [-0.2, 0) is 6.54 Å². The van der Waals surface area contributed by atoms with Crippen molar-refractivity contribution in [1.82, 2.24) is 40.3 Å². The molecule has 0 aromatic carbocycles. The first-order chi connectivity index (χ1) is 15.7. The number of rotatable bonds is 6. The highest BCUT2D eigenvalue weighted by Crippen LogP contribution is 2.32. The molecule has 0 atom stereocenters. The third-order valence-electron chi connectivity index (χ3n) is 4.87. The summed E-state index contributed by atoms with van der Waals surface area (Å²) in [5.41, 5.74) is 7.90. The topological polar surface area (TPSA) is 117 Å². The van der Waals surface area contributed by atoms with Gasteiger partial charge in [0.2, 0.25) is 5.88 Å². The average molecular weight is 427 g/mol. The third kappa shape index (κ3) is 3.93. The predicted octanol–water partition coefficient (Wildman–Crippen LogP) is 3.22. The molecular weight excluding hydrogens is 406 g/mol. The minimum absolute atomic E-state index is 0.542. The summed E-state index contributed by atoms with van der Waals surface area (Å²) in [7, 11) is 1.59. The van der Waals surface area contributed by atoms with Crippen molar-refractivity contribution in [2.75, 3.05) is 12.4 Å². The molecule has 0 spiro atoms. The normalized spacial score (nSPS) is 12.8. The van der Waals surface area contributed by atoms with Crippen molar-refractivity contribution < 1.29 is 4.74 Å². The van der Waals surface area contributed by atoms with E-state index < -0.39 is 0 Å². The average Bonchev–Trinajstić information content (AvgIpc) is 3.29. The van der Waals surface area contributed by atoms with E-state index >= 15 is 0 Å². The minimum Gasteiger partial charge on any atom is -0.481 e. The molecule has 3 N–H and O–H groups in total. The Morgan fingerprint density at radius 3 is 2.81 bits per heavy atom. The summed E-state index contributed by atoms with van der Waals surface area (Å²) in [5, 5.41) is 5.32. The van der Waals surface area contributed by atoms with E-state index in [1.165, 1.54) is 0 Å². The molecular formula is C22H21N9O. The van der Waals surface area contributed by atoms with Crippen LogP contribution in [0.3, 0.4) is 0 Å². The zero-order valence-corrected chi connectivity index (χ0v) is 17.6. The number of nitrogens with zero attached hydrogens (tertiary/aromatic N) is 6. The first-order valence-electron chi connectivity index (χ1n) is 10.00. The Bertz CT molecular complexity index is 1310. The number of anilines is 2. The van der Waals surface area contributed by atoms with Gasteiger partial charge in [-0.05, 0) is 36.8 Å². The number of methoxy groups -OCH3 is 1. The maximum absolute atomic E-state index is 5.15. The van der Waals surface area contributed by atoms with Crippen LogP contribution in [0.15, 0.2) is 61.5 Å². The van der Waals surface area contributed by atoms with Crippen molar-refractivity contribution in [1.29, 1.82) is 0 Å². The second kappa shape index (κ2) is 8.34. The Kier molecular flexibility index (Phi) is 5.08. The summed E-state index contributed by atoms with van der Waals surface area (Å²) < 4.78 is 5.15. The number of pyridine rings is 2. The maximum atomic E-state index is 5.15. The Morgan fingerprint density at radius 2 is 2.03 bits per heavy atom. The van der Waals surface area contributed by atoms with Crippen molar-refractivity contribution >= 4 is 22.7 Å². The molecule has 0 saturated heterocycles. The fourth-order valence-electron chi connectivity index (χ4n) is 3.41. The highest BCUT2D eigenvalue weighted by molar-refractivity contribution is 5.91. The van der Waals surface area contributed by atoms with E-state index in [4.69, 9.17) is 14.7 Å². The second-order valence-corrected chi connectivity index (χ2v) is 7.13. The highest BCUT2D eigenvalue weighted by Gasteiger charge is 2.17. The number of nitrogens with one attached hydrogen (secondary N) is 3. The number of imidazole rings is 1. The molecule has 0 aliphatic carbocycles. The van der Waals surface area contributed by atoms with Crippen molar-refractivity contribution in [2.45, 2.75) is 13.5 Å². The van der Waals surface area contributed by atoms with Crippen LogP contribution in [0, 0.1) is 6.92 Å². The van der Waals surface area contributed by atoms with Gasteiger partial charge in [-0.2, -0.15) is 0 Å². The first kappa shape index (κ1) is 19.5. The summed E-state index contributed by atoms with van der Waals surface area (Å²) in [6.45, 7) is 2.48. The zero-order valence-electron chi connectivity index (χ0n) is 17.6. The number of hydrogen-bond donors (Lipinski definition) is 3. The molecule has 4 aromatic rings. The van der Waals surface area contributed by atoms with Crippen molar-refractivity contribution in [2.24, 2.45) is 0 Å². The molecule has 32 heavy (non-hydrogen) atoms. The number of hydrazine groups is 1. The largest absolute Gasteiger partial charge is 0.481 e. The van der Waals surface area contributed by atoms with Crippen molar-refractivity contribution in [3.63, 3.8) is 0 Å². The number of hydrogen-bond acceptors (Lipinski definition) is 9. The van der Waals surface area contributed by atoms with E-state index in [-0.39, 0.29) is 0 Å². The molecule has 0 fully saturated rings. The monoisotopic (exact) mass is 427 g/mol. The summed E-state index contributed by atoms with van der Waals surface area (Å²) in [6, 6.07) is 5.75. The molecule has 5 rings (SSSR count). The molecule has 0 bridgehead atoms. The van der Waals surface area contributed by atoms with E-state index in [2.05, 4.69) is 36.7 Å². The van der Waals surface area contributed by atoms with Crippen LogP contribution >= 0.6 is 0 Å². The number of fused-ring (bicyclic) bond motifs is 1. The lowest BCUT2D eigenvalue weighted by molar-refractivity contribution is 0.304. The van der Waals surface area contributed by atoms with Gasteiger partial charge in [-0.25, -0.2) is 24.9 Å². The van der Waals surface area contributed by atoms with E-state index in [1.54, 1.807) is 25.7 Å². The molecule has 0 saturated carbocycles. The zero-order chi connectivity index (χ0) is 21.9. The number of aryl methyl sites for hydroxylation is 1. The Morgan fingerprint density at radius 1 is 1.09 bits per heavy atom. The molecule has 1 aliphatic heterocycles. The van der Waals surface area contributed by atoms with Gasteiger partial charge in [0.05, 0.1) is 31.9 Å². The quantitative estimate of drug-likeness (QED) is 0.426. The molecule has 1 aliphatic rings. The van der Waals surface area contributed by atoms with E-state index in [9.17, 15) is 0 Å². The second-order valence-electron chi connectivity index (χ2n) is 7.13. The van der Waals surface area contributed by atoms with Crippen LogP contribution in [0.4, 0.5) is 11.5 Å². The Hall–Kier alpha value is -4.47. The summed E-state index contributed by atoms with van der Waals surface area (Å²) in [5.74, 6) is 1.82. The van der Waals surface area contributed by atoms with Gasteiger partial charge in [-0.1, -0.05) is 0 Å². The minimum atomic E-state index is 0.542. The van der Waals surface area contributed by atoms with Crippen LogP contribution in [0.2, 0.25) is 0 Å². The van der Waals surface area contributed by atoms with Crippen LogP contribution in [-0.4, -0.2) is 42.0 Å². The molecule has 0 amide bonds. The summed E-state index contributed by atoms with van der Waals surface area (Å²) >= 11 is 0. The molecule has 10 heteroatoms. The highest BCUT2D eigenvalue weighted by atomic mass is 16.5. The lowest BCUT2D eigenvalue weighted by atomic mass is 10.1. The fraction of sp³-hybridized carbons (Fsp3) is 0.136. The van der Waals surface area contributed by atoms with Gasteiger partial charge >= 0.3 is 0 Å². The van der Waals surface area contributed by atoms with Crippen LogP contribution < -0.4 is 15.5 Å². The standard InChI is InChI=1S/C22H21N9O/c1-14-28-19(20-22(29-14)26-13-25-20)17-9-15(12-31-8-4-3-7-27-31)10-24-21(17)30-16-5-6-18(32-2)23-11-16/h3-11,13,27H,12H2,1-2H3,(H,24,30)(H,25,26,28,29). The number of aromatic amines is 1. The molecule has 160 valence electrons. The van der Waals surface area contributed by atoms with Gasteiger partial charge in [0.25, 0.3) is 0 Å². The molecule has 10 nitrogen and oxygen atoms in total. The number of H-pyrrole nitrogens is 1. The Balaban J connectivity index is 1.58. The van der Waals surface area contributed by atoms with Gasteiger partial charge in [0.15, 0.2) is 5.65 Å². The van der Waals surface area contributed by atoms with Gasteiger partial charge in [0.1, 0.15) is 22.9 Å². The van der Waals surface area contributed by atoms with E-state index in [0.717, 1.165) is 28.0 Å². The lowest BCUT2D eigenvalue weighted by Crippen LogP contribution is -2.29. The van der Waals surface area contributed by atoms with Gasteiger partial charge in [0, 0.05) is 30.2 Å². The maximum Gasteiger partial charge on any atom is 0.213 e. The summed E-state index contributed by atoms with van der Waals surface area (Å²) in [4.78, 5) is 25.6. The van der Waals surface area contributed by atoms with Gasteiger partial charge in [-0.3, -0.25) is 5.01 Å². The van der Waals surface area contributed by atoms with Crippen molar-refractivity contribution in [3.8, 4) is 17.1 Å². The molecule has 5 heterocycles. The van der Waals surface area contributed by atoms with Crippen molar-refractivity contribution in [3.05, 3.63) is 72.9 Å². The van der Waals surface area contributed by atoms with Crippen LogP contribution in [0.25, 0.3) is 22.4 Å². The number of allylic oxidation sites excluding steroid dienone is 2.